The number of rotatable bonds is 4. The van der Waals surface area contributed by atoms with Crippen LogP contribution in [0.15, 0.2) is 16.8 Å². The summed E-state index contributed by atoms with van der Waals surface area (Å²) >= 11 is 1.69. The van der Waals surface area contributed by atoms with Crippen LogP contribution in [0.4, 0.5) is 0 Å². The van der Waals surface area contributed by atoms with Crippen molar-refractivity contribution in [1.82, 2.24) is 0 Å². The number of aliphatic hydroxyl groups is 1. The van der Waals surface area contributed by atoms with Crippen LogP contribution in [0.25, 0.3) is 0 Å². The standard InChI is InChI=1S/C11H18OS/c1-9(2)6-11(3,12)7-10-4-5-13-8-10/h4-5,8-9,12H,6-7H2,1-3H3. The Balaban J connectivity index is 2.51. The molecule has 74 valence electrons. The Morgan fingerprint density at radius 3 is 2.69 bits per heavy atom. The Morgan fingerprint density at radius 2 is 2.23 bits per heavy atom. The molecule has 1 nitrogen and oxygen atoms in total. The number of hydrogen-bond donors (Lipinski definition) is 1. The average molecular weight is 198 g/mol. The summed E-state index contributed by atoms with van der Waals surface area (Å²) in [7, 11) is 0. The monoisotopic (exact) mass is 198 g/mol. The van der Waals surface area contributed by atoms with Crippen LogP contribution in [-0.2, 0) is 6.42 Å². The third-order valence-electron chi connectivity index (χ3n) is 2.01. The van der Waals surface area contributed by atoms with Gasteiger partial charge < -0.3 is 5.11 Å². The van der Waals surface area contributed by atoms with Gasteiger partial charge in [0.15, 0.2) is 0 Å². The molecule has 1 unspecified atom stereocenters. The van der Waals surface area contributed by atoms with Crippen LogP contribution in [0.5, 0.6) is 0 Å². The van der Waals surface area contributed by atoms with Crippen molar-refractivity contribution in [3.05, 3.63) is 22.4 Å². The highest BCUT2D eigenvalue weighted by molar-refractivity contribution is 7.07. The molecule has 0 bridgehead atoms. The zero-order chi connectivity index (χ0) is 9.90. The Kier molecular flexibility index (Phi) is 3.51. The van der Waals surface area contributed by atoms with Crippen molar-refractivity contribution in [1.29, 1.82) is 0 Å². The van der Waals surface area contributed by atoms with Crippen LogP contribution in [0, 0.1) is 5.92 Å². The second kappa shape index (κ2) is 4.25. The summed E-state index contributed by atoms with van der Waals surface area (Å²) in [6.07, 6.45) is 1.64. The summed E-state index contributed by atoms with van der Waals surface area (Å²) in [6.45, 7) is 6.20. The van der Waals surface area contributed by atoms with E-state index in [0.29, 0.717) is 5.92 Å². The fourth-order valence-electron chi connectivity index (χ4n) is 1.78. The summed E-state index contributed by atoms with van der Waals surface area (Å²) in [5.41, 5.74) is 0.700. The smallest absolute Gasteiger partial charge is 0.0662 e. The van der Waals surface area contributed by atoms with Gasteiger partial charge in [0.25, 0.3) is 0 Å². The highest BCUT2D eigenvalue weighted by Gasteiger charge is 2.22. The fourth-order valence-corrected chi connectivity index (χ4v) is 2.45. The second-order valence-corrected chi connectivity index (χ2v) is 5.18. The minimum absolute atomic E-state index is 0.546. The molecule has 0 aromatic carbocycles. The van der Waals surface area contributed by atoms with Crippen LogP contribution in [0.1, 0.15) is 32.8 Å². The minimum Gasteiger partial charge on any atom is -0.390 e. The van der Waals surface area contributed by atoms with Crippen LogP contribution >= 0.6 is 11.3 Å². The topological polar surface area (TPSA) is 20.2 Å². The molecule has 1 atom stereocenters. The molecule has 0 fully saturated rings. The van der Waals surface area contributed by atoms with E-state index in [1.54, 1.807) is 11.3 Å². The summed E-state index contributed by atoms with van der Waals surface area (Å²) in [5.74, 6) is 0.550. The number of thiophene rings is 1. The van der Waals surface area contributed by atoms with Gasteiger partial charge in [-0.15, -0.1) is 0 Å². The van der Waals surface area contributed by atoms with Gasteiger partial charge in [-0.05, 0) is 41.7 Å². The summed E-state index contributed by atoms with van der Waals surface area (Å²) in [6, 6.07) is 2.08. The van der Waals surface area contributed by atoms with Crippen LogP contribution in [0.2, 0.25) is 0 Å². The lowest BCUT2D eigenvalue weighted by Gasteiger charge is -2.24. The summed E-state index contributed by atoms with van der Waals surface area (Å²) in [4.78, 5) is 0. The maximum atomic E-state index is 10.1. The first-order chi connectivity index (χ1) is 5.99. The normalized spacial score (nSPS) is 16.1. The maximum Gasteiger partial charge on any atom is 0.0662 e. The van der Waals surface area contributed by atoms with Gasteiger partial charge in [-0.1, -0.05) is 13.8 Å². The summed E-state index contributed by atoms with van der Waals surface area (Å²) < 4.78 is 0. The largest absolute Gasteiger partial charge is 0.390 e. The molecular formula is C11H18OS. The van der Waals surface area contributed by atoms with E-state index in [0.717, 1.165) is 12.8 Å². The molecule has 0 saturated heterocycles. The molecule has 0 spiro atoms. The molecule has 1 heterocycles. The first-order valence-electron chi connectivity index (χ1n) is 4.73. The van der Waals surface area contributed by atoms with Gasteiger partial charge in [0.05, 0.1) is 5.60 Å². The SMILES string of the molecule is CC(C)CC(C)(O)Cc1ccsc1. The quantitative estimate of drug-likeness (QED) is 0.788. The first-order valence-corrected chi connectivity index (χ1v) is 5.67. The predicted molar refractivity (Wildman–Crippen MR) is 58.1 cm³/mol. The van der Waals surface area contributed by atoms with Crippen molar-refractivity contribution in [2.45, 2.75) is 39.2 Å². The van der Waals surface area contributed by atoms with Gasteiger partial charge >= 0.3 is 0 Å². The van der Waals surface area contributed by atoms with Gasteiger partial charge in [0.1, 0.15) is 0 Å². The molecule has 13 heavy (non-hydrogen) atoms. The fraction of sp³-hybridized carbons (Fsp3) is 0.636. The van der Waals surface area contributed by atoms with Crippen molar-refractivity contribution < 1.29 is 5.11 Å². The molecule has 0 aliphatic heterocycles. The molecule has 1 rings (SSSR count). The molecule has 2 heteroatoms. The molecule has 0 radical (unpaired) electrons. The van der Waals surface area contributed by atoms with Gasteiger partial charge in [-0.2, -0.15) is 11.3 Å². The van der Waals surface area contributed by atoms with Crippen LogP contribution in [0.3, 0.4) is 0 Å². The van der Waals surface area contributed by atoms with Gasteiger partial charge in [-0.3, -0.25) is 0 Å². The molecule has 1 N–H and O–H groups in total. The van der Waals surface area contributed by atoms with Crippen LogP contribution in [-0.4, -0.2) is 10.7 Å². The number of hydrogen-bond acceptors (Lipinski definition) is 2. The highest BCUT2D eigenvalue weighted by atomic mass is 32.1. The van der Waals surface area contributed by atoms with Gasteiger partial charge in [0, 0.05) is 6.42 Å². The highest BCUT2D eigenvalue weighted by Crippen LogP contribution is 2.22. The third-order valence-corrected chi connectivity index (χ3v) is 2.75. The Labute approximate surface area is 84.4 Å². The molecule has 1 aromatic rings. The predicted octanol–water partition coefficient (Wildman–Crippen LogP) is 3.09. The molecule has 0 aliphatic rings. The molecular weight excluding hydrogens is 180 g/mol. The minimum atomic E-state index is -0.546. The van der Waals surface area contributed by atoms with Crippen molar-refractivity contribution >= 4 is 11.3 Å². The Morgan fingerprint density at radius 1 is 1.54 bits per heavy atom. The lowest BCUT2D eigenvalue weighted by Crippen LogP contribution is -2.28. The van der Waals surface area contributed by atoms with E-state index in [2.05, 4.69) is 30.7 Å². The van der Waals surface area contributed by atoms with Crippen molar-refractivity contribution in [2.24, 2.45) is 5.92 Å². The Bertz CT molecular complexity index is 237. The van der Waals surface area contributed by atoms with Crippen LogP contribution < -0.4 is 0 Å². The van der Waals surface area contributed by atoms with Crippen molar-refractivity contribution in [3.63, 3.8) is 0 Å². The lowest BCUT2D eigenvalue weighted by molar-refractivity contribution is 0.0389. The third kappa shape index (κ3) is 3.92. The molecule has 0 aliphatic carbocycles. The molecule has 0 amide bonds. The van der Waals surface area contributed by atoms with Gasteiger partial charge in [-0.25, -0.2) is 0 Å². The second-order valence-electron chi connectivity index (χ2n) is 4.40. The van der Waals surface area contributed by atoms with E-state index >= 15 is 0 Å². The Hall–Kier alpha value is -0.340. The average Bonchev–Trinajstić information content (AvgIpc) is 2.34. The van der Waals surface area contributed by atoms with Crippen molar-refractivity contribution in [2.75, 3.05) is 0 Å². The van der Waals surface area contributed by atoms with E-state index in [4.69, 9.17) is 0 Å². The van der Waals surface area contributed by atoms with E-state index in [1.807, 2.05) is 6.92 Å². The van der Waals surface area contributed by atoms with E-state index in [9.17, 15) is 5.11 Å². The van der Waals surface area contributed by atoms with E-state index in [1.165, 1.54) is 5.56 Å². The summed E-state index contributed by atoms with van der Waals surface area (Å²) in [5, 5.41) is 14.2. The van der Waals surface area contributed by atoms with E-state index < -0.39 is 5.60 Å². The molecule has 1 aromatic heterocycles. The zero-order valence-electron chi connectivity index (χ0n) is 8.58. The zero-order valence-corrected chi connectivity index (χ0v) is 9.40. The maximum absolute atomic E-state index is 10.1. The molecule has 0 saturated carbocycles. The van der Waals surface area contributed by atoms with Gasteiger partial charge in [0.2, 0.25) is 0 Å². The lowest BCUT2D eigenvalue weighted by atomic mass is 9.89. The van der Waals surface area contributed by atoms with Crippen molar-refractivity contribution in [3.8, 4) is 0 Å². The first kappa shape index (κ1) is 10.7. The van der Waals surface area contributed by atoms with E-state index in [-0.39, 0.29) is 0 Å².